The van der Waals surface area contributed by atoms with Crippen LogP contribution in [0.15, 0.2) is 107 Å². The third kappa shape index (κ3) is 7.18. The van der Waals surface area contributed by atoms with Gasteiger partial charge >= 0.3 is 0 Å². The highest BCUT2D eigenvalue weighted by Gasteiger charge is 2.29. The molecule has 9 N–H and O–H groups in total. The van der Waals surface area contributed by atoms with Crippen molar-refractivity contribution in [2.24, 2.45) is 20.5 Å². The fraction of sp³-hybridized carbons (Fsp3) is 0. The molecule has 0 radical (unpaired) electrons. The third-order valence-corrected chi connectivity index (χ3v) is 10.3. The Balaban J connectivity index is 1.74. The van der Waals surface area contributed by atoms with E-state index in [0.717, 1.165) is 24.3 Å². The summed E-state index contributed by atoms with van der Waals surface area (Å²) in [6.45, 7) is 0. The standard InChI is InChI=1S/C26H20N6O13S4/c27-14-3-6-20(47(37,38)39)18(9-14)30-32-25-22(49(43,44)45)10-17-21(48(40,41)42)11-19(24(28)23(17)26(25)33)31-29-15-4-1-13-8-16(46(34,35)36)5-2-12(13)7-15/h1-11,33H,27-28H2,(H,34,35,36)(H,37,38,39)(H,40,41,42)(H,43,44,45). The number of nitrogens with zero attached hydrogens (tertiary/aromatic N) is 4. The van der Waals surface area contributed by atoms with Gasteiger partial charge in [-0.15, -0.1) is 15.3 Å². The molecule has 19 nitrogen and oxygen atoms in total. The zero-order chi connectivity index (χ0) is 36.3. The van der Waals surface area contributed by atoms with Crippen LogP contribution in [0.2, 0.25) is 0 Å². The van der Waals surface area contributed by atoms with Crippen LogP contribution in [-0.2, 0) is 40.5 Å². The highest BCUT2D eigenvalue weighted by molar-refractivity contribution is 7.86. The lowest BCUT2D eigenvalue weighted by Crippen LogP contribution is -2.04. The summed E-state index contributed by atoms with van der Waals surface area (Å²) < 4.78 is 135. The Morgan fingerprint density at radius 3 is 1.73 bits per heavy atom. The largest absolute Gasteiger partial charge is 0.505 e. The molecule has 5 aromatic rings. The second-order valence-electron chi connectivity index (χ2n) is 10.0. The highest BCUT2D eigenvalue weighted by atomic mass is 32.2. The van der Waals surface area contributed by atoms with Crippen molar-refractivity contribution in [2.45, 2.75) is 19.6 Å². The van der Waals surface area contributed by atoms with Crippen molar-refractivity contribution in [3.63, 3.8) is 0 Å². The molecule has 0 aromatic heterocycles. The number of anilines is 2. The quantitative estimate of drug-likeness (QED) is 0.0642. The van der Waals surface area contributed by atoms with Gasteiger partial charge in [0.1, 0.15) is 31.7 Å². The van der Waals surface area contributed by atoms with Crippen LogP contribution in [0.5, 0.6) is 5.75 Å². The summed E-state index contributed by atoms with van der Waals surface area (Å²) in [6.07, 6.45) is 0. The molecule has 0 aliphatic carbocycles. The van der Waals surface area contributed by atoms with E-state index in [-0.39, 0.29) is 16.3 Å². The van der Waals surface area contributed by atoms with Crippen molar-refractivity contribution in [1.82, 2.24) is 0 Å². The summed E-state index contributed by atoms with van der Waals surface area (Å²) in [4.78, 5) is -3.50. The Labute approximate surface area is 276 Å². The Morgan fingerprint density at radius 1 is 0.531 bits per heavy atom. The molecule has 0 saturated carbocycles. The van der Waals surface area contributed by atoms with Crippen molar-refractivity contribution < 1.29 is 57.0 Å². The number of aromatic hydroxyl groups is 1. The van der Waals surface area contributed by atoms with E-state index in [0.29, 0.717) is 22.9 Å². The first kappa shape index (κ1) is 35.2. The Hall–Kier alpha value is -5.14. The van der Waals surface area contributed by atoms with Crippen LogP contribution in [-0.4, -0.2) is 57.0 Å². The smallest absolute Gasteiger partial charge is 0.296 e. The van der Waals surface area contributed by atoms with Gasteiger partial charge in [-0.1, -0.05) is 12.1 Å². The van der Waals surface area contributed by atoms with Crippen molar-refractivity contribution >= 4 is 96.1 Å². The summed E-state index contributed by atoms with van der Waals surface area (Å²) in [5, 5.41) is 25.6. The predicted octanol–water partition coefficient (Wildman–Crippen LogP) is 4.68. The van der Waals surface area contributed by atoms with Gasteiger partial charge in [0.2, 0.25) is 0 Å². The van der Waals surface area contributed by atoms with Crippen LogP contribution in [0.4, 0.5) is 34.1 Å². The minimum atomic E-state index is -5.37. The molecule has 49 heavy (non-hydrogen) atoms. The van der Waals surface area contributed by atoms with E-state index in [1.165, 1.54) is 30.3 Å². The van der Waals surface area contributed by atoms with Crippen LogP contribution in [0.1, 0.15) is 0 Å². The van der Waals surface area contributed by atoms with Crippen LogP contribution < -0.4 is 11.5 Å². The molecule has 0 aliphatic heterocycles. The number of benzene rings is 5. The maximum Gasteiger partial charge on any atom is 0.296 e. The van der Waals surface area contributed by atoms with Gasteiger partial charge in [-0.25, -0.2) is 0 Å². The summed E-state index contributed by atoms with van der Waals surface area (Å²) in [5.41, 5.74) is 9.10. The van der Waals surface area contributed by atoms with Crippen molar-refractivity contribution in [1.29, 1.82) is 0 Å². The molecule has 0 fully saturated rings. The number of hydrogen-bond acceptors (Lipinski definition) is 15. The summed E-state index contributed by atoms with van der Waals surface area (Å²) >= 11 is 0. The van der Waals surface area contributed by atoms with Gasteiger partial charge < -0.3 is 16.6 Å². The monoisotopic (exact) mass is 752 g/mol. The minimum Gasteiger partial charge on any atom is -0.505 e. The van der Waals surface area contributed by atoms with Crippen molar-refractivity contribution in [3.05, 3.63) is 66.7 Å². The van der Waals surface area contributed by atoms with E-state index in [2.05, 4.69) is 20.5 Å². The molecule has 0 atom stereocenters. The molecule has 0 saturated heterocycles. The first-order valence-corrected chi connectivity index (χ1v) is 18.6. The second-order valence-corrected chi connectivity index (χ2v) is 15.6. The van der Waals surface area contributed by atoms with Gasteiger partial charge in [-0.2, -0.15) is 38.8 Å². The summed E-state index contributed by atoms with van der Waals surface area (Å²) in [5.74, 6) is -1.23. The van der Waals surface area contributed by atoms with E-state index < -0.39 is 94.4 Å². The lowest BCUT2D eigenvalue weighted by Gasteiger charge is -2.14. The van der Waals surface area contributed by atoms with Crippen LogP contribution >= 0.6 is 0 Å². The van der Waals surface area contributed by atoms with Crippen molar-refractivity contribution in [3.8, 4) is 5.75 Å². The molecule has 0 amide bonds. The molecule has 0 aliphatic rings. The fourth-order valence-corrected chi connectivity index (χ4v) is 7.05. The Bertz CT molecular complexity index is 2750. The van der Waals surface area contributed by atoms with Crippen LogP contribution in [0.25, 0.3) is 21.5 Å². The third-order valence-electron chi connectivity index (χ3n) is 6.76. The molecule has 0 bridgehead atoms. The predicted molar refractivity (Wildman–Crippen MR) is 172 cm³/mol. The molecule has 23 heteroatoms. The van der Waals surface area contributed by atoms with Gasteiger partial charge in [0.15, 0.2) is 5.75 Å². The number of phenols is 1. The molecule has 256 valence electrons. The molecular weight excluding hydrogens is 733 g/mol. The number of rotatable bonds is 8. The maximum absolute atomic E-state index is 12.4. The zero-order valence-corrected chi connectivity index (χ0v) is 27.2. The van der Waals surface area contributed by atoms with E-state index in [9.17, 15) is 57.0 Å². The maximum atomic E-state index is 12.4. The first-order chi connectivity index (χ1) is 22.6. The average molecular weight is 753 g/mol. The number of nitrogen functional groups attached to an aromatic ring is 2. The average Bonchev–Trinajstić information content (AvgIpc) is 2.97. The van der Waals surface area contributed by atoms with Gasteiger partial charge in [0.05, 0.1) is 21.7 Å². The van der Waals surface area contributed by atoms with Gasteiger partial charge in [0, 0.05) is 11.1 Å². The second kappa shape index (κ2) is 12.1. The Morgan fingerprint density at radius 2 is 1.12 bits per heavy atom. The number of fused-ring (bicyclic) bond motifs is 2. The first-order valence-electron chi connectivity index (χ1n) is 12.8. The molecular formula is C26H20N6O13S4. The number of nitrogens with two attached hydrogens (primary N) is 2. The van der Waals surface area contributed by atoms with E-state index in [1.54, 1.807) is 0 Å². The number of hydrogen-bond donors (Lipinski definition) is 7. The molecule has 0 unspecified atom stereocenters. The molecule has 5 rings (SSSR count). The summed E-state index contributed by atoms with van der Waals surface area (Å²) in [7, 11) is -20.0. The lowest BCUT2D eigenvalue weighted by molar-refractivity contribution is 0.471. The fourth-order valence-electron chi connectivity index (χ4n) is 4.58. The number of azo groups is 2. The normalized spacial score (nSPS) is 13.2. The van der Waals surface area contributed by atoms with Gasteiger partial charge in [0.25, 0.3) is 40.5 Å². The number of phenolic OH excluding ortho intramolecular Hbond substituents is 1. The van der Waals surface area contributed by atoms with E-state index in [1.807, 2.05) is 0 Å². The van der Waals surface area contributed by atoms with Crippen molar-refractivity contribution in [2.75, 3.05) is 11.5 Å². The molecule has 0 spiro atoms. The zero-order valence-electron chi connectivity index (χ0n) is 23.9. The SMILES string of the molecule is Nc1ccc(S(=O)(=O)O)c(N=Nc2c(S(=O)(=O)O)cc3c(S(=O)(=O)O)cc(N=Nc4ccc5cc(S(=O)(=O)O)ccc5c4)c(N)c3c2O)c1. The Kier molecular flexibility index (Phi) is 8.67. The van der Waals surface area contributed by atoms with E-state index >= 15 is 0 Å². The van der Waals surface area contributed by atoms with Gasteiger partial charge in [-0.05, 0) is 65.4 Å². The van der Waals surface area contributed by atoms with Crippen LogP contribution in [0, 0.1) is 0 Å². The lowest BCUT2D eigenvalue weighted by atomic mass is 10.0. The van der Waals surface area contributed by atoms with E-state index in [4.69, 9.17) is 11.5 Å². The minimum absolute atomic E-state index is 0.0783. The van der Waals surface area contributed by atoms with Gasteiger partial charge in [-0.3, -0.25) is 18.2 Å². The molecule has 0 heterocycles. The topological polar surface area (TPSA) is 339 Å². The van der Waals surface area contributed by atoms with Crippen LogP contribution in [0.3, 0.4) is 0 Å². The highest BCUT2D eigenvalue weighted by Crippen LogP contribution is 2.48. The summed E-state index contributed by atoms with van der Waals surface area (Å²) in [6, 6.07) is 12.0. The molecule has 5 aromatic carbocycles.